The van der Waals surface area contributed by atoms with E-state index in [4.69, 9.17) is 10.2 Å². The van der Waals surface area contributed by atoms with Gasteiger partial charge in [-0.1, -0.05) is 12.1 Å². The Morgan fingerprint density at radius 1 is 0.905 bits per heavy atom. The van der Waals surface area contributed by atoms with Crippen molar-refractivity contribution in [2.75, 3.05) is 10.6 Å². The third-order valence-corrected chi connectivity index (χ3v) is 3.36. The number of para-hydroxylation sites is 1. The maximum absolute atomic E-state index is 11.8. The molecule has 0 aliphatic heterocycles. The molecular weight excluding hydrogens is 296 g/mol. The summed E-state index contributed by atoms with van der Waals surface area (Å²) < 4.78 is 0. The SMILES string of the molecule is O=C(Nc1ccccc1C(=O)O)Nc1sccc1C(=O)O. The summed E-state index contributed by atoms with van der Waals surface area (Å²) in [5.41, 5.74) is 0.0369. The van der Waals surface area contributed by atoms with Crippen LogP contribution in [0, 0.1) is 0 Å². The van der Waals surface area contributed by atoms with Crippen molar-refractivity contribution < 1.29 is 24.6 Å². The first-order valence-electron chi connectivity index (χ1n) is 5.70. The first kappa shape index (κ1) is 14.5. The zero-order valence-electron chi connectivity index (χ0n) is 10.5. The number of anilines is 2. The molecule has 0 saturated carbocycles. The van der Waals surface area contributed by atoms with E-state index >= 15 is 0 Å². The lowest BCUT2D eigenvalue weighted by Gasteiger charge is -2.09. The Balaban J connectivity index is 2.14. The van der Waals surface area contributed by atoms with Gasteiger partial charge in [-0.3, -0.25) is 5.32 Å². The lowest BCUT2D eigenvalue weighted by Crippen LogP contribution is -2.21. The van der Waals surface area contributed by atoms with Crippen molar-refractivity contribution in [1.82, 2.24) is 0 Å². The number of hydrogen-bond acceptors (Lipinski definition) is 4. The minimum atomic E-state index is -1.17. The molecule has 0 spiro atoms. The molecule has 108 valence electrons. The van der Waals surface area contributed by atoms with E-state index in [0.717, 1.165) is 11.3 Å². The maximum atomic E-state index is 11.8. The molecule has 0 atom stereocenters. The summed E-state index contributed by atoms with van der Waals surface area (Å²) in [6, 6.07) is 6.56. The summed E-state index contributed by atoms with van der Waals surface area (Å²) in [7, 11) is 0. The van der Waals surface area contributed by atoms with Crippen LogP contribution in [0.15, 0.2) is 35.7 Å². The molecule has 21 heavy (non-hydrogen) atoms. The Bertz CT molecular complexity index is 710. The summed E-state index contributed by atoms with van der Waals surface area (Å²) in [5, 5.41) is 24.4. The van der Waals surface area contributed by atoms with Crippen molar-refractivity contribution in [3.05, 3.63) is 46.8 Å². The summed E-state index contributed by atoms with van der Waals surface area (Å²) >= 11 is 1.06. The number of carbonyl (C=O) groups excluding carboxylic acids is 1. The van der Waals surface area contributed by atoms with Gasteiger partial charge >= 0.3 is 18.0 Å². The van der Waals surface area contributed by atoms with Crippen molar-refractivity contribution in [3.63, 3.8) is 0 Å². The van der Waals surface area contributed by atoms with Crippen LogP contribution in [-0.4, -0.2) is 28.2 Å². The number of amides is 2. The number of thiophene rings is 1. The Kier molecular flexibility index (Phi) is 4.19. The molecule has 8 heteroatoms. The molecule has 0 saturated heterocycles. The monoisotopic (exact) mass is 306 g/mol. The highest BCUT2D eigenvalue weighted by molar-refractivity contribution is 7.14. The molecule has 0 bridgehead atoms. The first-order chi connectivity index (χ1) is 9.99. The molecule has 1 aromatic heterocycles. The molecule has 0 fully saturated rings. The quantitative estimate of drug-likeness (QED) is 0.693. The van der Waals surface area contributed by atoms with Crippen molar-refractivity contribution in [2.24, 2.45) is 0 Å². The minimum Gasteiger partial charge on any atom is -0.478 e. The molecule has 4 N–H and O–H groups in total. The minimum absolute atomic E-state index is 0.0262. The van der Waals surface area contributed by atoms with Crippen LogP contribution in [0.5, 0.6) is 0 Å². The molecule has 0 unspecified atom stereocenters. The van der Waals surface area contributed by atoms with Gasteiger partial charge in [0, 0.05) is 0 Å². The Labute approximate surface area is 122 Å². The third-order valence-electron chi connectivity index (χ3n) is 2.53. The van der Waals surface area contributed by atoms with Crippen LogP contribution in [-0.2, 0) is 0 Å². The van der Waals surface area contributed by atoms with Crippen molar-refractivity contribution >= 4 is 40.0 Å². The fraction of sp³-hybridized carbons (Fsp3) is 0. The number of carboxylic acid groups (broad SMARTS) is 2. The van der Waals surface area contributed by atoms with Gasteiger partial charge in [0.2, 0.25) is 0 Å². The van der Waals surface area contributed by atoms with Crippen LogP contribution in [0.3, 0.4) is 0 Å². The van der Waals surface area contributed by atoms with Crippen LogP contribution in [0.4, 0.5) is 15.5 Å². The predicted molar refractivity (Wildman–Crippen MR) is 77.3 cm³/mol. The van der Waals surface area contributed by atoms with Crippen LogP contribution in [0.25, 0.3) is 0 Å². The zero-order valence-corrected chi connectivity index (χ0v) is 11.3. The molecule has 2 amide bonds. The van der Waals surface area contributed by atoms with E-state index in [-0.39, 0.29) is 21.8 Å². The second-order valence-corrected chi connectivity index (χ2v) is 4.81. The highest BCUT2D eigenvalue weighted by Gasteiger charge is 2.15. The first-order valence-corrected chi connectivity index (χ1v) is 6.58. The molecule has 1 heterocycles. The lowest BCUT2D eigenvalue weighted by molar-refractivity contribution is 0.0687. The fourth-order valence-electron chi connectivity index (χ4n) is 1.61. The predicted octanol–water partition coefficient (Wildman–Crippen LogP) is 2.79. The number of hydrogen-bond donors (Lipinski definition) is 4. The smallest absolute Gasteiger partial charge is 0.338 e. The highest BCUT2D eigenvalue weighted by atomic mass is 32.1. The summed E-state index contributed by atoms with van der Waals surface area (Å²) in [6.07, 6.45) is 0. The molecule has 7 nitrogen and oxygen atoms in total. The van der Waals surface area contributed by atoms with E-state index < -0.39 is 18.0 Å². The second kappa shape index (κ2) is 6.06. The molecule has 2 rings (SSSR count). The van der Waals surface area contributed by atoms with Gasteiger partial charge in [-0.15, -0.1) is 11.3 Å². The normalized spacial score (nSPS) is 9.90. The third kappa shape index (κ3) is 3.37. The number of benzene rings is 1. The van der Waals surface area contributed by atoms with Crippen molar-refractivity contribution in [2.45, 2.75) is 0 Å². The number of urea groups is 1. The maximum Gasteiger partial charge on any atom is 0.338 e. The topological polar surface area (TPSA) is 116 Å². The van der Waals surface area contributed by atoms with Crippen LogP contribution >= 0.6 is 11.3 Å². The summed E-state index contributed by atoms with van der Waals surface area (Å²) in [5.74, 6) is -2.33. The zero-order chi connectivity index (χ0) is 15.4. The molecule has 0 radical (unpaired) electrons. The Morgan fingerprint density at radius 3 is 2.24 bits per heavy atom. The highest BCUT2D eigenvalue weighted by Crippen LogP contribution is 2.23. The van der Waals surface area contributed by atoms with Gasteiger partial charge < -0.3 is 15.5 Å². The standard InChI is InChI=1S/C13H10N2O5S/c16-11(17)7-3-1-2-4-9(7)14-13(20)15-10-8(12(18)19)5-6-21-10/h1-6H,(H,16,17)(H,18,19)(H2,14,15,20). The number of rotatable bonds is 4. The molecule has 2 aromatic rings. The van der Waals surface area contributed by atoms with Gasteiger partial charge in [-0.05, 0) is 23.6 Å². The molecule has 0 aliphatic rings. The van der Waals surface area contributed by atoms with E-state index in [0.29, 0.717) is 0 Å². The molecule has 1 aromatic carbocycles. The second-order valence-electron chi connectivity index (χ2n) is 3.90. The average molecular weight is 306 g/mol. The van der Waals surface area contributed by atoms with Gasteiger partial charge in [-0.2, -0.15) is 0 Å². The Morgan fingerprint density at radius 2 is 1.57 bits per heavy atom. The average Bonchev–Trinajstić information content (AvgIpc) is 2.87. The van der Waals surface area contributed by atoms with E-state index in [1.807, 2.05) is 0 Å². The number of carbonyl (C=O) groups is 3. The van der Waals surface area contributed by atoms with Gasteiger partial charge in [-0.25, -0.2) is 14.4 Å². The number of aromatic carboxylic acids is 2. The van der Waals surface area contributed by atoms with E-state index in [2.05, 4.69) is 10.6 Å². The summed E-state index contributed by atoms with van der Waals surface area (Å²) in [4.78, 5) is 33.8. The number of carboxylic acids is 2. The van der Waals surface area contributed by atoms with Gasteiger partial charge in [0.15, 0.2) is 0 Å². The molecular formula is C13H10N2O5S. The van der Waals surface area contributed by atoms with Crippen LogP contribution in [0.2, 0.25) is 0 Å². The van der Waals surface area contributed by atoms with Gasteiger partial charge in [0.25, 0.3) is 0 Å². The fourth-order valence-corrected chi connectivity index (χ4v) is 2.38. The Hall–Kier alpha value is -2.87. The number of nitrogens with one attached hydrogen (secondary N) is 2. The van der Waals surface area contributed by atoms with Gasteiger partial charge in [0.05, 0.1) is 16.8 Å². The van der Waals surface area contributed by atoms with E-state index in [9.17, 15) is 14.4 Å². The lowest BCUT2D eigenvalue weighted by atomic mass is 10.2. The van der Waals surface area contributed by atoms with E-state index in [1.54, 1.807) is 6.07 Å². The molecule has 0 aliphatic carbocycles. The van der Waals surface area contributed by atoms with Crippen molar-refractivity contribution in [3.8, 4) is 0 Å². The van der Waals surface area contributed by atoms with E-state index in [1.165, 1.54) is 29.6 Å². The summed E-state index contributed by atoms with van der Waals surface area (Å²) in [6.45, 7) is 0. The largest absolute Gasteiger partial charge is 0.478 e. The van der Waals surface area contributed by atoms with Crippen LogP contribution in [0.1, 0.15) is 20.7 Å². The van der Waals surface area contributed by atoms with Crippen LogP contribution < -0.4 is 10.6 Å². The van der Waals surface area contributed by atoms with Gasteiger partial charge in [0.1, 0.15) is 5.00 Å². The van der Waals surface area contributed by atoms with Crippen molar-refractivity contribution in [1.29, 1.82) is 0 Å².